The van der Waals surface area contributed by atoms with Gasteiger partial charge in [0.2, 0.25) is 0 Å². The largest absolute Gasteiger partial charge is 0.297 e. The van der Waals surface area contributed by atoms with E-state index >= 15 is 0 Å². The van der Waals surface area contributed by atoms with Crippen molar-refractivity contribution in [1.29, 1.82) is 0 Å². The van der Waals surface area contributed by atoms with E-state index in [-0.39, 0.29) is 5.91 Å². The molecule has 1 N–H and O–H groups in total. The Labute approximate surface area is 172 Å². The third-order valence-electron chi connectivity index (χ3n) is 4.36. The number of carbonyl (C=O) groups excluding carboxylic acids is 1. The number of aliphatic imine (C=N–C) groups is 1. The quantitative estimate of drug-likeness (QED) is 0.560. The van der Waals surface area contributed by atoms with Gasteiger partial charge in [-0.05, 0) is 42.8 Å². The maximum atomic E-state index is 13.1. The van der Waals surface area contributed by atoms with Crippen LogP contribution in [0.15, 0.2) is 94.0 Å². The van der Waals surface area contributed by atoms with E-state index in [4.69, 9.17) is 0 Å². The standard InChI is InChI=1S/C23H18BrN3O/c1-16-7-11-18(12-8-16)22-25-21(15-17-9-13-19(24)14-10-17)23(28)27(22)26-20-5-3-2-4-6-20/h2-15,26H,1H3/b21-15-. The van der Waals surface area contributed by atoms with Crippen LogP contribution < -0.4 is 5.43 Å². The maximum absolute atomic E-state index is 13.1. The van der Waals surface area contributed by atoms with Crippen LogP contribution in [0.1, 0.15) is 16.7 Å². The highest BCUT2D eigenvalue weighted by atomic mass is 79.9. The summed E-state index contributed by atoms with van der Waals surface area (Å²) in [5.41, 5.74) is 7.34. The van der Waals surface area contributed by atoms with Crippen molar-refractivity contribution in [3.05, 3.63) is 106 Å². The zero-order valence-corrected chi connectivity index (χ0v) is 16.8. The van der Waals surface area contributed by atoms with Crippen LogP contribution in [0.5, 0.6) is 0 Å². The van der Waals surface area contributed by atoms with Gasteiger partial charge in [-0.2, -0.15) is 5.01 Å². The number of nitrogens with zero attached hydrogens (tertiary/aromatic N) is 2. The first-order chi connectivity index (χ1) is 13.6. The molecule has 0 aliphatic carbocycles. The van der Waals surface area contributed by atoms with Crippen molar-refractivity contribution in [2.24, 2.45) is 4.99 Å². The number of benzene rings is 3. The predicted molar refractivity (Wildman–Crippen MR) is 117 cm³/mol. The van der Waals surface area contributed by atoms with E-state index in [1.807, 2.05) is 85.8 Å². The van der Waals surface area contributed by atoms with Gasteiger partial charge >= 0.3 is 0 Å². The molecule has 5 heteroatoms. The zero-order valence-electron chi connectivity index (χ0n) is 15.3. The number of amidine groups is 1. The highest BCUT2D eigenvalue weighted by Crippen LogP contribution is 2.24. The van der Waals surface area contributed by atoms with Gasteiger partial charge in [-0.25, -0.2) is 4.99 Å². The molecule has 1 amide bonds. The molecule has 138 valence electrons. The van der Waals surface area contributed by atoms with Crippen molar-refractivity contribution in [2.75, 3.05) is 5.43 Å². The van der Waals surface area contributed by atoms with Crippen LogP contribution in [0.3, 0.4) is 0 Å². The topological polar surface area (TPSA) is 44.7 Å². The highest BCUT2D eigenvalue weighted by molar-refractivity contribution is 9.10. The van der Waals surface area contributed by atoms with Crippen LogP contribution in [-0.2, 0) is 4.79 Å². The SMILES string of the molecule is Cc1ccc(C2=N/C(=C\c3ccc(Br)cc3)C(=O)N2Nc2ccccc2)cc1. The molecule has 1 heterocycles. The maximum Gasteiger partial charge on any atom is 0.297 e. The normalized spacial score (nSPS) is 15.1. The third-order valence-corrected chi connectivity index (χ3v) is 4.89. The number of hydrogen-bond acceptors (Lipinski definition) is 3. The van der Waals surface area contributed by atoms with E-state index in [0.717, 1.165) is 26.9 Å². The summed E-state index contributed by atoms with van der Waals surface area (Å²) < 4.78 is 0.989. The van der Waals surface area contributed by atoms with Gasteiger partial charge in [0, 0.05) is 10.0 Å². The summed E-state index contributed by atoms with van der Waals surface area (Å²) in [4.78, 5) is 17.7. The summed E-state index contributed by atoms with van der Waals surface area (Å²) >= 11 is 3.43. The van der Waals surface area contributed by atoms with Gasteiger partial charge in [0.05, 0.1) is 5.69 Å². The molecule has 3 aromatic rings. The van der Waals surface area contributed by atoms with Gasteiger partial charge in [0.25, 0.3) is 5.91 Å². The smallest absolute Gasteiger partial charge is 0.290 e. The predicted octanol–water partition coefficient (Wildman–Crippen LogP) is 5.41. The Balaban J connectivity index is 1.73. The molecule has 0 radical (unpaired) electrons. The first-order valence-electron chi connectivity index (χ1n) is 8.89. The van der Waals surface area contributed by atoms with Crippen molar-refractivity contribution in [3.8, 4) is 0 Å². The Kier molecular flexibility index (Phi) is 5.08. The van der Waals surface area contributed by atoms with Gasteiger partial charge in [-0.15, -0.1) is 0 Å². The molecule has 0 saturated heterocycles. The molecule has 0 spiro atoms. The lowest BCUT2D eigenvalue weighted by Crippen LogP contribution is -2.37. The van der Waals surface area contributed by atoms with Gasteiger partial charge in [0.15, 0.2) is 5.84 Å². The molecule has 0 bridgehead atoms. The van der Waals surface area contributed by atoms with Crippen molar-refractivity contribution in [1.82, 2.24) is 5.01 Å². The molecule has 0 fully saturated rings. The Morgan fingerprint density at radius 2 is 1.61 bits per heavy atom. The molecule has 4 nitrogen and oxygen atoms in total. The summed E-state index contributed by atoms with van der Waals surface area (Å²) in [7, 11) is 0. The fourth-order valence-corrected chi connectivity index (χ4v) is 3.14. The molecular weight excluding hydrogens is 414 g/mol. The first-order valence-corrected chi connectivity index (χ1v) is 9.68. The molecule has 1 aliphatic rings. The fraction of sp³-hybridized carbons (Fsp3) is 0.0435. The van der Waals surface area contributed by atoms with Crippen LogP contribution in [0.2, 0.25) is 0 Å². The number of hydrazine groups is 1. The molecule has 1 aliphatic heterocycles. The van der Waals surface area contributed by atoms with Crippen LogP contribution in [0, 0.1) is 6.92 Å². The molecule has 0 aromatic heterocycles. The molecule has 0 unspecified atom stereocenters. The number of para-hydroxylation sites is 1. The second-order valence-corrected chi connectivity index (χ2v) is 7.42. The van der Waals surface area contributed by atoms with E-state index in [1.54, 1.807) is 6.08 Å². The van der Waals surface area contributed by atoms with Crippen molar-refractivity contribution >= 4 is 39.4 Å². The summed E-state index contributed by atoms with van der Waals surface area (Å²) in [5.74, 6) is 0.388. The Morgan fingerprint density at radius 1 is 0.929 bits per heavy atom. The molecule has 28 heavy (non-hydrogen) atoms. The minimum Gasteiger partial charge on any atom is -0.290 e. The molecule has 3 aromatic carbocycles. The molecule has 4 rings (SSSR count). The monoisotopic (exact) mass is 431 g/mol. The highest BCUT2D eigenvalue weighted by Gasteiger charge is 2.31. The van der Waals surface area contributed by atoms with Gasteiger partial charge in [0.1, 0.15) is 5.70 Å². The first kappa shape index (κ1) is 18.2. The number of hydrogen-bond donors (Lipinski definition) is 1. The Bertz CT molecular complexity index is 1060. The number of aryl methyl sites for hydroxylation is 1. The summed E-state index contributed by atoms with van der Waals surface area (Å²) in [5, 5.41) is 1.50. The van der Waals surface area contributed by atoms with Crippen LogP contribution >= 0.6 is 15.9 Å². The second-order valence-electron chi connectivity index (χ2n) is 6.50. The van der Waals surface area contributed by atoms with E-state index in [1.165, 1.54) is 5.01 Å². The van der Waals surface area contributed by atoms with Crippen molar-refractivity contribution in [3.63, 3.8) is 0 Å². The summed E-state index contributed by atoms with van der Waals surface area (Å²) in [6, 6.07) is 25.3. The zero-order chi connectivity index (χ0) is 19.5. The number of anilines is 1. The van der Waals surface area contributed by atoms with E-state index in [2.05, 4.69) is 26.3 Å². The number of carbonyl (C=O) groups is 1. The summed E-state index contributed by atoms with van der Waals surface area (Å²) in [6.45, 7) is 2.03. The molecular formula is C23H18BrN3O. The third kappa shape index (κ3) is 3.89. The van der Waals surface area contributed by atoms with Crippen LogP contribution in [0.25, 0.3) is 6.08 Å². The molecule has 0 atom stereocenters. The van der Waals surface area contributed by atoms with E-state index in [9.17, 15) is 4.79 Å². The lowest BCUT2D eigenvalue weighted by atomic mass is 10.1. The second kappa shape index (κ2) is 7.82. The van der Waals surface area contributed by atoms with E-state index in [0.29, 0.717) is 11.5 Å². The summed E-state index contributed by atoms with van der Waals surface area (Å²) in [6.07, 6.45) is 1.80. The number of amides is 1. The van der Waals surface area contributed by atoms with Crippen LogP contribution in [-0.4, -0.2) is 16.8 Å². The molecule has 0 saturated carbocycles. The lowest BCUT2D eigenvalue weighted by molar-refractivity contribution is -0.121. The van der Waals surface area contributed by atoms with Crippen molar-refractivity contribution < 1.29 is 4.79 Å². The average Bonchev–Trinajstić information content (AvgIpc) is 3.01. The fourth-order valence-electron chi connectivity index (χ4n) is 2.88. The van der Waals surface area contributed by atoms with Crippen LogP contribution in [0.4, 0.5) is 5.69 Å². The number of nitrogens with one attached hydrogen (secondary N) is 1. The van der Waals surface area contributed by atoms with Gasteiger partial charge in [-0.1, -0.05) is 76.1 Å². The Morgan fingerprint density at radius 3 is 2.29 bits per heavy atom. The Hall–Kier alpha value is -3.18. The minimum absolute atomic E-state index is 0.192. The van der Waals surface area contributed by atoms with Gasteiger partial charge in [-0.3, -0.25) is 10.2 Å². The number of halogens is 1. The van der Waals surface area contributed by atoms with E-state index < -0.39 is 0 Å². The lowest BCUT2D eigenvalue weighted by Gasteiger charge is -2.20. The van der Waals surface area contributed by atoms with Crippen molar-refractivity contribution in [2.45, 2.75) is 6.92 Å². The minimum atomic E-state index is -0.192. The number of rotatable bonds is 4. The average molecular weight is 432 g/mol. The van der Waals surface area contributed by atoms with Gasteiger partial charge < -0.3 is 0 Å².